The van der Waals surface area contributed by atoms with Crippen LogP contribution in [0.1, 0.15) is 48.0 Å². The second-order valence-corrected chi connectivity index (χ2v) is 8.31. The minimum Gasteiger partial charge on any atom is -0.496 e. The van der Waals surface area contributed by atoms with Crippen molar-refractivity contribution in [3.05, 3.63) is 52.7 Å². The maximum Gasteiger partial charge on any atom is 0.317 e. The first-order chi connectivity index (χ1) is 16.4. The van der Waals surface area contributed by atoms with Crippen molar-refractivity contribution in [1.29, 1.82) is 0 Å². The van der Waals surface area contributed by atoms with Crippen LogP contribution in [-0.4, -0.2) is 58.9 Å². The lowest BCUT2D eigenvalue weighted by Crippen LogP contribution is -2.45. The van der Waals surface area contributed by atoms with E-state index in [1.807, 2.05) is 44.0 Å². The third kappa shape index (κ3) is 4.74. The Bertz CT molecular complexity index is 1120. The van der Waals surface area contributed by atoms with Crippen molar-refractivity contribution in [2.45, 2.75) is 39.8 Å². The van der Waals surface area contributed by atoms with Gasteiger partial charge in [0.05, 0.1) is 12.7 Å². The Balaban J connectivity index is 1.56. The number of hydrogen-bond donors (Lipinski definition) is 4. The molecule has 34 heavy (non-hydrogen) atoms. The van der Waals surface area contributed by atoms with Crippen molar-refractivity contribution in [3.8, 4) is 5.75 Å². The molecule has 0 aliphatic carbocycles. The summed E-state index contributed by atoms with van der Waals surface area (Å²) < 4.78 is 5.51. The number of carbonyl (C=O) groups is 2. The number of rotatable bonds is 6. The number of hydrazone groups is 1. The maximum atomic E-state index is 13.2. The standard InChI is InChI=1S/C23H30N8O3/c1-5-24-23(33)30-10-9-15-12-19(34-4)17(11-16(15)13-30)22(32)26-20-8-6-7-18(25-20)21-27-28-29-31(21)14(2)3/h6-8,11-12,14,28-29H,5,9-10,13H2,1-4H3,(H,24,33)(H,25,26,32). The van der Waals surface area contributed by atoms with Gasteiger partial charge in [-0.3, -0.25) is 9.80 Å². The Kier molecular flexibility index (Phi) is 6.82. The van der Waals surface area contributed by atoms with Crippen molar-refractivity contribution < 1.29 is 14.3 Å². The SMILES string of the molecule is CCNC(=O)N1CCc2cc(OC)c(C(=O)Nc3cccc(C4=NNNN4C(C)C)n3)cc2C1. The highest BCUT2D eigenvalue weighted by molar-refractivity contribution is 6.06. The quantitative estimate of drug-likeness (QED) is 0.512. The van der Waals surface area contributed by atoms with Crippen LogP contribution in [0, 0.1) is 0 Å². The summed E-state index contributed by atoms with van der Waals surface area (Å²) in [7, 11) is 1.54. The summed E-state index contributed by atoms with van der Waals surface area (Å²) in [5, 5.41) is 11.8. The molecule has 180 valence electrons. The molecular weight excluding hydrogens is 436 g/mol. The van der Waals surface area contributed by atoms with Crippen LogP contribution in [0.5, 0.6) is 5.75 Å². The van der Waals surface area contributed by atoms with Gasteiger partial charge >= 0.3 is 6.03 Å². The molecule has 4 rings (SSSR count). The molecule has 1 aromatic carbocycles. The van der Waals surface area contributed by atoms with Crippen LogP contribution in [0.25, 0.3) is 0 Å². The molecule has 11 nitrogen and oxygen atoms in total. The number of methoxy groups -OCH3 is 1. The van der Waals surface area contributed by atoms with Crippen LogP contribution in [0.3, 0.4) is 0 Å². The van der Waals surface area contributed by atoms with Gasteiger partial charge in [-0.1, -0.05) is 6.07 Å². The zero-order valence-electron chi connectivity index (χ0n) is 19.8. The normalized spacial score (nSPS) is 14.9. The van der Waals surface area contributed by atoms with Gasteiger partial charge in [-0.05, 0) is 62.6 Å². The van der Waals surface area contributed by atoms with Crippen molar-refractivity contribution in [1.82, 2.24) is 31.3 Å². The topological polar surface area (TPSA) is 123 Å². The van der Waals surface area contributed by atoms with Crippen LogP contribution in [-0.2, 0) is 13.0 Å². The number of pyridine rings is 1. The number of amides is 3. The molecule has 0 saturated carbocycles. The summed E-state index contributed by atoms with van der Waals surface area (Å²) in [6, 6.07) is 9.08. The first-order valence-corrected chi connectivity index (χ1v) is 11.3. The van der Waals surface area contributed by atoms with Gasteiger partial charge in [0.25, 0.3) is 5.91 Å². The molecule has 11 heteroatoms. The predicted molar refractivity (Wildman–Crippen MR) is 128 cm³/mol. The number of hydrogen-bond acceptors (Lipinski definition) is 8. The molecule has 0 fully saturated rings. The summed E-state index contributed by atoms with van der Waals surface area (Å²) in [5.41, 5.74) is 8.69. The lowest BCUT2D eigenvalue weighted by atomic mass is 9.96. The van der Waals surface area contributed by atoms with Gasteiger partial charge in [-0.2, -0.15) is 0 Å². The predicted octanol–water partition coefficient (Wildman–Crippen LogP) is 1.82. The number of anilines is 1. The second-order valence-electron chi connectivity index (χ2n) is 8.31. The van der Waals surface area contributed by atoms with E-state index in [1.165, 1.54) is 0 Å². The van der Waals surface area contributed by atoms with Gasteiger partial charge in [-0.15, -0.1) is 10.6 Å². The fourth-order valence-electron chi connectivity index (χ4n) is 3.97. The molecule has 0 saturated heterocycles. The summed E-state index contributed by atoms with van der Waals surface area (Å²) >= 11 is 0. The number of nitrogens with one attached hydrogen (secondary N) is 4. The second kappa shape index (κ2) is 9.96. The van der Waals surface area contributed by atoms with Gasteiger partial charge in [0.15, 0.2) is 5.84 Å². The summed E-state index contributed by atoms with van der Waals surface area (Å²) in [6.07, 6.45) is 0.699. The van der Waals surface area contributed by atoms with Crippen molar-refractivity contribution in [2.24, 2.45) is 5.10 Å². The van der Waals surface area contributed by atoms with E-state index < -0.39 is 0 Å². The highest BCUT2D eigenvalue weighted by Gasteiger charge is 2.25. The number of nitrogens with zero attached hydrogens (tertiary/aromatic N) is 4. The Morgan fingerprint density at radius 2 is 2.06 bits per heavy atom. The minimum absolute atomic E-state index is 0.106. The largest absolute Gasteiger partial charge is 0.496 e. The fourth-order valence-corrected chi connectivity index (χ4v) is 3.97. The Morgan fingerprint density at radius 3 is 2.79 bits per heavy atom. The smallest absolute Gasteiger partial charge is 0.317 e. The molecule has 0 bridgehead atoms. The van der Waals surface area contributed by atoms with Crippen LogP contribution < -0.4 is 26.4 Å². The molecule has 4 N–H and O–H groups in total. The molecule has 2 aromatic rings. The van der Waals surface area contributed by atoms with E-state index in [0.717, 1.165) is 11.1 Å². The van der Waals surface area contributed by atoms with Crippen LogP contribution in [0.4, 0.5) is 10.6 Å². The van der Waals surface area contributed by atoms with E-state index in [0.29, 0.717) is 54.7 Å². The highest BCUT2D eigenvalue weighted by Crippen LogP contribution is 2.29. The first-order valence-electron chi connectivity index (χ1n) is 11.3. The average molecular weight is 467 g/mol. The molecule has 1 aromatic heterocycles. The monoisotopic (exact) mass is 466 g/mol. The molecule has 0 atom stereocenters. The summed E-state index contributed by atoms with van der Waals surface area (Å²) in [6.45, 7) is 7.55. The molecule has 0 radical (unpaired) electrons. The van der Waals surface area contributed by atoms with Crippen LogP contribution in [0.2, 0.25) is 0 Å². The molecule has 0 unspecified atom stereocenters. The molecule has 3 heterocycles. The Hall–Kier alpha value is -3.86. The molecule has 2 aliphatic heterocycles. The van der Waals surface area contributed by atoms with E-state index in [-0.39, 0.29) is 18.0 Å². The fraction of sp³-hybridized carbons (Fsp3) is 0.391. The molecular formula is C23H30N8O3. The zero-order chi connectivity index (χ0) is 24.2. The number of ether oxygens (including phenoxy) is 1. The number of benzene rings is 1. The van der Waals surface area contributed by atoms with Crippen LogP contribution in [0.15, 0.2) is 35.4 Å². The third-order valence-electron chi connectivity index (χ3n) is 5.69. The lowest BCUT2D eigenvalue weighted by molar-refractivity contribution is 0.102. The number of fused-ring (bicyclic) bond motifs is 1. The summed E-state index contributed by atoms with van der Waals surface area (Å²) in [5.74, 6) is 1.16. The Labute approximate surface area is 198 Å². The van der Waals surface area contributed by atoms with E-state index in [9.17, 15) is 9.59 Å². The van der Waals surface area contributed by atoms with Crippen molar-refractivity contribution in [3.63, 3.8) is 0 Å². The van der Waals surface area contributed by atoms with Gasteiger partial charge in [-0.25, -0.2) is 15.3 Å². The van der Waals surface area contributed by atoms with E-state index in [1.54, 1.807) is 24.1 Å². The number of aromatic nitrogens is 1. The third-order valence-corrected chi connectivity index (χ3v) is 5.69. The van der Waals surface area contributed by atoms with Gasteiger partial charge < -0.3 is 20.3 Å². The number of urea groups is 1. The minimum atomic E-state index is -0.343. The number of hydrazine groups is 2. The maximum absolute atomic E-state index is 13.2. The van der Waals surface area contributed by atoms with Gasteiger partial charge in [0, 0.05) is 25.7 Å². The number of amidine groups is 1. The van der Waals surface area contributed by atoms with Crippen molar-refractivity contribution >= 4 is 23.6 Å². The van der Waals surface area contributed by atoms with E-state index in [4.69, 9.17) is 4.74 Å². The molecule has 3 amide bonds. The van der Waals surface area contributed by atoms with E-state index >= 15 is 0 Å². The van der Waals surface area contributed by atoms with Gasteiger partial charge in [0.1, 0.15) is 17.3 Å². The Morgan fingerprint density at radius 1 is 1.24 bits per heavy atom. The van der Waals surface area contributed by atoms with E-state index in [2.05, 4.69) is 31.8 Å². The average Bonchev–Trinajstić information content (AvgIpc) is 3.33. The van der Waals surface area contributed by atoms with Gasteiger partial charge in [0.2, 0.25) is 0 Å². The first kappa shape index (κ1) is 23.3. The zero-order valence-corrected chi connectivity index (χ0v) is 19.8. The van der Waals surface area contributed by atoms with Crippen LogP contribution >= 0.6 is 0 Å². The van der Waals surface area contributed by atoms with Crippen molar-refractivity contribution in [2.75, 3.05) is 25.5 Å². The lowest BCUT2D eigenvalue weighted by Gasteiger charge is -2.29. The molecule has 2 aliphatic rings. The summed E-state index contributed by atoms with van der Waals surface area (Å²) in [4.78, 5) is 31.8. The highest BCUT2D eigenvalue weighted by atomic mass is 16.5. The number of carbonyl (C=O) groups excluding carboxylic acids is 2. The molecule has 0 spiro atoms.